The number of benzene rings is 4. The molecule has 6 N–H and O–H groups in total. The Hall–Kier alpha value is -5.38. The number of Topliss-reactive ketones (excluding diaryl/α,β-unsaturated/α-hetero) is 2. The Kier molecular flexibility index (Phi) is 5.69. The van der Waals surface area contributed by atoms with Crippen molar-refractivity contribution >= 4 is 11.6 Å². The summed E-state index contributed by atoms with van der Waals surface area (Å²) in [7, 11) is 0. The van der Waals surface area contributed by atoms with Crippen LogP contribution in [0.4, 0.5) is 0 Å². The van der Waals surface area contributed by atoms with Crippen LogP contribution in [0.1, 0.15) is 56.9 Å². The van der Waals surface area contributed by atoms with Gasteiger partial charge in [-0.3, -0.25) is 9.59 Å². The van der Waals surface area contributed by atoms with Crippen molar-refractivity contribution in [1.82, 2.24) is 0 Å². The van der Waals surface area contributed by atoms with Gasteiger partial charge in [-0.1, -0.05) is 24.3 Å². The molecule has 2 atom stereocenters. The van der Waals surface area contributed by atoms with Crippen molar-refractivity contribution in [1.29, 1.82) is 0 Å². The third-order valence-electron chi connectivity index (χ3n) is 7.09. The van der Waals surface area contributed by atoms with Gasteiger partial charge in [-0.2, -0.15) is 0 Å². The van der Waals surface area contributed by atoms with Crippen LogP contribution in [0.25, 0.3) is 11.1 Å². The Morgan fingerprint density at radius 1 is 0.550 bits per heavy atom. The molecule has 0 aliphatic carbocycles. The molecule has 2 aliphatic heterocycles. The first-order chi connectivity index (χ1) is 19.1. The topological polar surface area (TPSA) is 174 Å². The number of fused-ring (bicyclic) bond motifs is 2. The van der Waals surface area contributed by atoms with Gasteiger partial charge < -0.3 is 40.1 Å². The van der Waals surface area contributed by atoms with E-state index in [4.69, 9.17) is 9.47 Å². The molecule has 4 aromatic rings. The van der Waals surface area contributed by atoms with Gasteiger partial charge in [0.2, 0.25) is 0 Å². The minimum Gasteiger partial charge on any atom is -0.508 e. The second-order valence-electron chi connectivity index (χ2n) is 9.64. The van der Waals surface area contributed by atoms with E-state index >= 15 is 0 Å². The van der Waals surface area contributed by atoms with Crippen molar-refractivity contribution in [3.8, 4) is 57.1 Å². The zero-order chi connectivity index (χ0) is 28.3. The Morgan fingerprint density at radius 2 is 1.02 bits per heavy atom. The molecule has 0 radical (unpaired) electrons. The Bertz CT molecular complexity index is 1690. The van der Waals surface area contributed by atoms with Gasteiger partial charge in [-0.25, -0.2) is 0 Å². The number of phenols is 6. The molecule has 0 amide bonds. The van der Waals surface area contributed by atoms with Gasteiger partial charge in [-0.15, -0.1) is 0 Å². The summed E-state index contributed by atoms with van der Waals surface area (Å²) in [5, 5.41) is 62.8. The van der Waals surface area contributed by atoms with Crippen LogP contribution >= 0.6 is 0 Å². The predicted molar refractivity (Wildman–Crippen MR) is 139 cm³/mol. The molecule has 10 heteroatoms. The predicted octanol–water partition coefficient (Wildman–Crippen LogP) is 5.00. The monoisotopic (exact) mass is 542 g/mol. The number of ketones is 2. The molecule has 0 bridgehead atoms. The van der Waals surface area contributed by atoms with Crippen molar-refractivity contribution in [3.63, 3.8) is 0 Å². The highest BCUT2D eigenvalue weighted by molar-refractivity contribution is 6.09. The van der Waals surface area contributed by atoms with E-state index in [9.17, 15) is 40.2 Å². The van der Waals surface area contributed by atoms with Crippen molar-refractivity contribution in [2.75, 3.05) is 0 Å². The highest BCUT2D eigenvalue weighted by atomic mass is 16.5. The van der Waals surface area contributed by atoms with E-state index in [0.717, 1.165) is 12.1 Å². The number of carbonyl (C=O) groups is 2. The molecule has 0 unspecified atom stereocenters. The van der Waals surface area contributed by atoms with Gasteiger partial charge in [0.05, 0.1) is 24.0 Å². The second kappa shape index (κ2) is 9.12. The summed E-state index contributed by atoms with van der Waals surface area (Å²) in [6, 6.07) is 14.0. The molecule has 4 aromatic carbocycles. The van der Waals surface area contributed by atoms with Gasteiger partial charge in [0.15, 0.2) is 11.6 Å². The number of hydrogen-bond acceptors (Lipinski definition) is 10. The highest BCUT2D eigenvalue weighted by Crippen LogP contribution is 2.56. The largest absolute Gasteiger partial charge is 0.508 e. The summed E-state index contributed by atoms with van der Waals surface area (Å²) < 4.78 is 12.0. The zero-order valence-corrected chi connectivity index (χ0v) is 20.7. The molecule has 2 heterocycles. The fourth-order valence-corrected chi connectivity index (χ4v) is 5.17. The van der Waals surface area contributed by atoms with E-state index in [1.807, 2.05) is 0 Å². The summed E-state index contributed by atoms with van der Waals surface area (Å²) in [5.41, 5.74) is -0.0521. The maximum atomic E-state index is 13.2. The lowest BCUT2D eigenvalue weighted by Gasteiger charge is -2.30. The quantitative estimate of drug-likeness (QED) is 0.207. The number of phenolic OH excluding ortho intramolecular Hbond substituents is 6. The van der Waals surface area contributed by atoms with E-state index in [-0.39, 0.29) is 58.1 Å². The second-order valence-corrected chi connectivity index (χ2v) is 9.64. The molecule has 6 rings (SSSR count). The van der Waals surface area contributed by atoms with Crippen molar-refractivity contribution in [3.05, 3.63) is 82.9 Å². The SMILES string of the molecule is O=C1C[C@H](c2ccc(O)cc2)Oc2cc(O)c(-c3c(O)cc(O)c4c3O[C@H](c3ccc(O)cc3)CC4=O)c(O)c21. The number of rotatable bonds is 3. The van der Waals surface area contributed by atoms with Crippen LogP contribution in [0.5, 0.6) is 46.0 Å². The van der Waals surface area contributed by atoms with Gasteiger partial charge in [0, 0.05) is 12.1 Å². The Balaban J connectivity index is 1.48. The van der Waals surface area contributed by atoms with E-state index in [1.165, 1.54) is 24.3 Å². The summed E-state index contributed by atoms with van der Waals surface area (Å²) >= 11 is 0. The Morgan fingerprint density at radius 3 is 1.60 bits per heavy atom. The zero-order valence-electron chi connectivity index (χ0n) is 20.7. The smallest absolute Gasteiger partial charge is 0.174 e. The lowest BCUT2D eigenvalue weighted by atomic mass is 9.88. The minimum atomic E-state index is -0.876. The molecule has 0 saturated heterocycles. The van der Waals surface area contributed by atoms with Crippen LogP contribution in [-0.2, 0) is 0 Å². The molecular weight excluding hydrogens is 520 g/mol. The van der Waals surface area contributed by atoms with Gasteiger partial charge >= 0.3 is 0 Å². The first-order valence-corrected chi connectivity index (χ1v) is 12.3. The van der Waals surface area contributed by atoms with Crippen LogP contribution in [0, 0.1) is 0 Å². The number of hydrogen-bond donors (Lipinski definition) is 6. The molecule has 202 valence electrons. The highest BCUT2D eigenvalue weighted by Gasteiger charge is 2.38. The average Bonchev–Trinajstić information content (AvgIpc) is 2.90. The fraction of sp³-hybridized carbons (Fsp3) is 0.133. The summed E-state index contributed by atoms with van der Waals surface area (Å²) in [4.78, 5) is 26.3. The normalized spacial score (nSPS) is 17.9. The van der Waals surface area contributed by atoms with Crippen molar-refractivity contribution < 1.29 is 49.7 Å². The van der Waals surface area contributed by atoms with Crippen molar-refractivity contribution in [2.24, 2.45) is 0 Å². The molecule has 10 nitrogen and oxygen atoms in total. The molecule has 2 aliphatic rings. The van der Waals surface area contributed by atoms with Crippen LogP contribution in [0.2, 0.25) is 0 Å². The van der Waals surface area contributed by atoms with Gasteiger partial charge in [-0.05, 0) is 35.4 Å². The molecule has 0 fully saturated rings. The third-order valence-corrected chi connectivity index (χ3v) is 7.09. The number of carbonyl (C=O) groups excluding carboxylic acids is 2. The maximum Gasteiger partial charge on any atom is 0.174 e. The summed E-state index contributed by atoms with van der Waals surface area (Å²) in [6.07, 6.45) is -1.94. The van der Waals surface area contributed by atoms with Gasteiger partial charge in [0.25, 0.3) is 0 Å². The van der Waals surface area contributed by atoms with E-state index in [2.05, 4.69) is 0 Å². The van der Waals surface area contributed by atoms with Crippen molar-refractivity contribution in [2.45, 2.75) is 25.0 Å². The molecule has 0 aromatic heterocycles. The lowest BCUT2D eigenvalue weighted by Crippen LogP contribution is -2.22. The van der Waals surface area contributed by atoms with E-state index in [1.54, 1.807) is 24.3 Å². The van der Waals surface area contributed by atoms with Gasteiger partial charge in [0.1, 0.15) is 69.3 Å². The first-order valence-electron chi connectivity index (χ1n) is 12.3. The number of ether oxygens (including phenoxy) is 2. The fourth-order valence-electron chi connectivity index (χ4n) is 5.17. The van der Waals surface area contributed by atoms with Crippen LogP contribution in [0.3, 0.4) is 0 Å². The molecule has 0 saturated carbocycles. The number of aromatic hydroxyl groups is 6. The minimum absolute atomic E-state index is 0.00528. The van der Waals surface area contributed by atoms with E-state index < -0.39 is 46.8 Å². The molecule has 0 spiro atoms. The summed E-state index contributed by atoms with van der Waals surface area (Å²) in [5.74, 6) is -3.83. The standard InChI is InChI=1S/C30H22O10/c31-15-5-1-13(2-6-15)22-11-20(36)26-24(39-22)12-21(37)27(29(26)38)28-18(34)9-17(33)25-19(35)10-23(40-30(25)28)14-3-7-16(32)8-4-14/h1-9,12,22-23,31-34,37-38H,10-11H2/t22-,23+/m1/s1. The lowest BCUT2D eigenvalue weighted by molar-refractivity contribution is 0.0833. The average molecular weight is 542 g/mol. The maximum absolute atomic E-state index is 13.2. The first kappa shape index (κ1) is 24.9. The summed E-state index contributed by atoms with van der Waals surface area (Å²) in [6.45, 7) is 0. The van der Waals surface area contributed by atoms with Crippen LogP contribution in [-0.4, -0.2) is 42.2 Å². The van der Waals surface area contributed by atoms with E-state index in [0.29, 0.717) is 11.1 Å². The Labute approximate surface area is 226 Å². The van der Waals surface area contributed by atoms with Crippen LogP contribution in [0.15, 0.2) is 60.7 Å². The third kappa shape index (κ3) is 3.97. The molecule has 40 heavy (non-hydrogen) atoms. The van der Waals surface area contributed by atoms with Crippen LogP contribution < -0.4 is 9.47 Å². The molecular formula is C30H22O10.